The molecule has 2 heterocycles. The molecule has 0 saturated heterocycles. The third kappa shape index (κ3) is 2.99. The van der Waals surface area contributed by atoms with Gasteiger partial charge in [-0.2, -0.15) is 0 Å². The molecule has 2 N–H and O–H groups in total. The third-order valence-electron chi connectivity index (χ3n) is 2.99. The molecule has 100 valence electrons. The summed E-state index contributed by atoms with van der Waals surface area (Å²) in [5, 5.41) is 3.26. The van der Waals surface area contributed by atoms with Crippen molar-refractivity contribution in [2.24, 2.45) is 0 Å². The van der Waals surface area contributed by atoms with Gasteiger partial charge in [0.05, 0.1) is 29.2 Å². The third-order valence-corrected chi connectivity index (χ3v) is 2.99. The average molecular weight is 258 g/mol. The molecule has 0 aliphatic heterocycles. The quantitative estimate of drug-likeness (QED) is 0.886. The van der Waals surface area contributed by atoms with E-state index in [-0.39, 0.29) is 11.6 Å². The fourth-order valence-electron chi connectivity index (χ4n) is 2.12. The molecule has 0 radical (unpaired) electrons. The molecule has 19 heavy (non-hydrogen) atoms. The van der Waals surface area contributed by atoms with Crippen molar-refractivity contribution in [1.29, 1.82) is 0 Å². The number of hydrogen-bond acceptors (Lipinski definition) is 4. The van der Waals surface area contributed by atoms with Crippen molar-refractivity contribution in [3.63, 3.8) is 0 Å². The summed E-state index contributed by atoms with van der Waals surface area (Å²) in [4.78, 5) is 23.2. The summed E-state index contributed by atoms with van der Waals surface area (Å²) in [5.41, 5.74) is 3.17. The predicted molar refractivity (Wildman–Crippen MR) is 75.3 cm³/mol. The minimum Gasteiger partial charge on any atom is -0.377 e. The van der Waals surface area contributed by atoms with Crippen molar-refractivity contribution >= 4 is 5.69 Å². The van der Waals surface area contributed by atoms with E-state index < -0.39 is 0 Å². The summed E-state index contributed by atoms with van der Waals surface area (Å²) >= 11 is 0. The Bertz CT molecular complexity index is 631. The second-order valence-electron chi connectivity index (χ2n) is 4.70. The van der Waals surface area contributed by atoms with Crippen LogP contribution in [-0.2, 0) is 0 Å². The van der Waals surface area contributed by atoms with E-state index in [1.54, 1.807) is 13.1 Å². The molecule has 2 aromatic heterocycles. The minimum atomic E-state index is -0.124. The van der Waals surface area contributed by atoms with Gasteiger partial charge in [-0.05, 0) is 39.8 Å². The van der Waals surface area contributed by atoms with Gasteiger partial charge in [0.25, 0.3) is 5.56 Å². The van der Waals surface area contributed by atoms with Crippen LogP contribution < -0.4 is 10.9 Å². The fraction of sp³-hybridized carbons (Fsp3) is 0.357. The van der Waals surface area contributed by atoms with Crippen LogP contribution in [0.4, 0.5) is 5.69 Å². The SMILES string of the molecule is Cc1ccc(NC(C)c2c(C)nc(C)[nH]c2=O)cn1. The Morgan fingerprint density at radius 3 is 2.58 bits per heavy atom. The maximum absolute atomic E-state index is 12.0. The van der Waals surface area contributed by atoms with E-state index in [1.807, 2.05) is 32.9 Å². The Morgan fingerprint density at radius 2 is 2.00 bits per heavy atom. The van der Waals surface area contributed by atoms with Gasteiger partial charge in [0.15, 0.2) is 0 Å². The van der Waals surface area contributed by atoms with Crippen molar-refractivity contribution in [3.8, 4) is 0 Å². The van der Waals surface area contributed by atoms with E-state index in [0.717, 1.165) is 17.1 Å². The Labute approximate surface area is 112 Å². The Morgan fingerprint density at radius 1 is 1.26 bits per heavy atom. The van der Waals surface area contributed by atoms with Gasteiger partial charge in [0.2, 0.25) is 0 Å². The first-order valence-corrected chi connectivity index (χ1v) is 6.24. The fourth-order valence-corrected chi connectivity index (χ4v) is 2.12. The number of hydrogen-bond donors (Lipinski definition) is 2. The van der Waals surface area contributed by atoms with Gasteiger partial charge in [-0.1, -0.05) is 0 Å². The lowest BCUT2D eigenvalue weighted by atomic mass is 10.1. The Balaban J connectivity index is 2.27. The molecule has 0 saturated carbocycles. The van der Waals surface area contributed by atoms with Crippen LogP contribution in [0.2, 0.25) is 0 Å². The second kappa shape index (κ2) is 5.22. The largest absolute Gasteiger partial charge is 0.377 e. The topological polar surface area (TPSA) is 70.7 Å². The number of aryl methyl sites for hydroxylation is 3. The molecule has 0 spiro atoms. The second-order valence-corrected chi connectivity index (χ2v) is 4.70. The molecule has 5 nitrogen and oxygen atoms in total. The lowest BCUT2D eigenvalue weighted by Crippen LogP contribution is -2.23. The van der Waals surface area contributed by atoms with Crippen molar-refractivity contribution in [2.45, 2.75) is 33.7 Å². The first kappa shape index (κ1) is 13.3. The van der Waals surface area contributed by atoms with E-state index in [2.05, 4.69) is 20.3 Å². The van der Waals surface area contributed by atoms with Crippen LogP contribution in [0, 0.1) is 20.8 Å². The summed E-state index contributed by atoms with van der Waals surface area (Å²) in [6.07, 6.45) is 1.76. The molecule has 0 fully saturated rings. The van der Waals surface area contributed by atoms with Gasteiger partial charge >= 0.3 is 0 Å². The summed E-state index contributed by atoms with van der Waals surface area (Å²) in [5.74, 6) is 0.635. The molecule has 2 aromatic rings. The van der Waals surface area contributed by atoms with E-state index in [1.165, 1.54) is 0 Å². The van der Waals surface area contributed by atoms with Gasteiger partial charge in [0.1, 0.15) is 5.82 Å². The van der Waals surface area contributed by atoms with Gasteiger partial charge in [-0.3, -0.25) is 9.78 Å². The molecule has 0 aromatic carbocycles. The Hall–Kier alpha value is -2.17. The van der Waals surface area contributed by atoms with Gasteiger partial charge in [-0.15, -0.1) is 0 Å². The molecule has 0 amide bonds. The van der Waals surface area contributed by atoms with Crippen molar-refractivity contribution in [2.75, 3.05) is 5.32 Å². The molecule has 1 atom stereocenters. The molecule has 2 rings (SSSR count). The minimum absolute atomic E-state index is 0.0925. The summed E-state index contributed by atoms with van der Waals surface area (Å²) < 4.78 is 0. The first-order chi connectivity index (χ1) is 8.97. The van der Waals surface area contributed by atoms with E-state index >= 15 is 0 Å². The van der Waals surface area contributed by atoms with Gasteiger partial charge < -0.3 is 10.3 Å². The van der Waals surface area contributed by atoms with Crippen LogP contribution in [0.5, 0.6) is 0 Å². The van der Waals surface area contributed by atoms with E-state index in [0.29, 0.717) is 11.4 Å². The highest BCUT2D eigenvalue weighted by atomic mass is 16.1. The number of H-pyrrole nitrogens is 1. The van der Waals surface area contributed by atoms with Crippen LogP contribution in [0.3, 0.4) is 0 Å². The zero-order valence-electron chi connectivity index (χ0n) is 11.6. The zero-order valence-corrected chi connectivity index (χ0v) is 11.6. The van der Waals surface area contributed by atoms with Gasteiger partial charge in [0, 0.05) is 5.69 Å². The van der Waals surface area contributed by atoms with Crippen LogP contribution in [0.25, 0.3) is 0 Å². The first-order valence-electron chi connectivity index (χ1n) is 6.24. The maximum atomic E-state index is 12.0. The van der Waals surface area contributed by atoms with E-state index in [9.17, 15) is 4.79 Å². The van der Waals surface area contributed by atoms with Crippen LogP contribution >= 0.6 is 0 Å². The number of nitrogens with one attached hydrogen (secondary N) is 2. The Kier molecular flexibility index (Phi) is 3.64. The van der Waals surface area contributed by atoms with E-state index in [4.69, 9.17) is 0 Å². The molecule has 1 unspecified atom stereocenters. The standard InChI is InChI=1S/C14H18N4O/c1-8-5-6-12(7-15-8)17-10(3)13-9(2)16-11(4)18-14(13)19/h5-7,10,17H,1-4H3,(H,16,18,19). The monoisotopic (exact) mass is 258 g/mol. The number of anilines is 1. The highest BCUT2D eigenvalue weighted by Crippen LogP contribution is 2.17. The van der Waals surface area contributed by atoms with Crippen molar-refractivity contribution in [1.82, 2.24) is 15.0 Å². The van der Waals surface area contributed by atoms with Gasteiger partial charge in [-0.25, -0.2) is 4.98 Å². The lowest BCUT2D eigenvalue weighted by Gasteiger charge is -2.16. The number of rotatable bonds is 3. The summed E-state index contributed by atoms with van der Waals surface area (Å²) in [7, 11) is 0. The molecular weight excluding hydrogens is 240 g/mol. The number of nitrogens with zero attached hydrogens (tertiary/aromatic N) is 2. The molecule has 0 aliphatic carbocycles. The van der Waals surface area contributed by atoms with Crippen LogP contribution in [0.1, 0.15) is 35.7 Å². The number of pyridine rings is 1. The summed E-state index contributed by atoms with van der Waals surface area (Å²) in [6.45, 7) is 7.50. The zero-order chi connectivity index (χ0) is 14.0. The van der Waals surface area contributed by atoms with Crippen LogP contribution in [-0.4, -0.2) is 15.0 Å². The summed E-state index contributed by atoms with van der Waals surface area (Å²) in [6, 6.07) is 3.75. The maximum Gasteiger partial charge on any atom is 0.256 e. The number of aromatic nitrogens is 3. The predicted octanol–water partition coefficient (Wildman–Crippen LogP) is 2.26. The molecular formula is C14H18N4O. The molecule has 0 aliphatic rings. The average Bonchev–Trinajstić information content (AvgIpc) is 2.30. The normalized spacial score (nSPS) is 12.2. The van der Waals surface area contributed by atoms with Crippen molar-refractivity contribution < 1.29 is 0 Å². The lowest BCUT2D eigenvalue weighted by molar-refractivity contribution is 0.813. The van der Waals surface area contributed by atoms with Crippen LogP contribution in [0.15, 0.2) is 23.1 Å². The molecule has 0 bridgehead atoms. The smallest absolute Gasteiger partial charge is 0.256 e. The highest BCUT2D eigenvalue weighted by Gasteiger charge is 2.14. The highest BCUT2D eigenvalue weighted by molar-refractivity contribution is 5.43. The molecule has 5 heteroatoms. The number of aromatic amines is 1. The van der Waals surface area contributed by atoms with Crippen molar-refractivity contribution in [3.05, 3.63) is 51.5 Å².